The molecule has 0 amide bonds. The molecule has 2 rings (SSSR count). The lowest BCUT2D eigenvalue weighted by Crippen LogP contribution is -2.17. The van der Waals surface area contributed by atoms with Gasteiger partial charge in [-0.25, -0.2) is 0 Å². The van der Waals surface area contributed by atoms with E-state index in [9.17, 15) is 13.2 Å². The molecule has 0 aliphatic heterocycles. The fourth-order valence-electron chi connectivity index (χ4n) is 1.53. The van der Waals surface area contributed by atoms with Gasteiger partial charge in [-0.3, -0.25) is 4.68 Å². The maximum atomic E-state index is 12.0. The van der Waals surface area contributed by atoms with E-state index in [4.69, 9.17) is 0 Å². The Hall–Kier alpha value is -1.98. The number of aromatic nitrogens is 2. The summed E-state index contributed by atoms with van der Waals surface area (Å²) >= 11 is 0. The minimum atomic E-state index is -4.65. The molecule has 96 valence electrons. The summed E-state index contributed by atoms with van der Waals surface area (Å²) in [6.07, 6.45) is -2.84. The number of rotatable bonds is 3. The highest BCUT2D eigenvalue weighted by Crippen LogP contribution is 2.22. The summed E-state index contributed by atoms with van der Waals surface area (Å²) in [6.45, 7) is 2.39. The Kier molecular flexibility index (Phi) is 3.27. The number of alkyl halides is 3. The molecule has 6 heteroatoms. The van der Waals surface area contributed by atoms with Gasteiger partial charge in [-0.2, -0.15) is 5.10 Å². The molecule has 0 radical (unpaired) electrons. The van der Waals surface area contributed by atoms with Gasteiger partial charge in [0.1, 0.15) is 5.75 Å². The van der Waals surface area contributed by atoms with Crippen LogP contribution in [0, 0.1) is 6.92 Å². The molecule has 2 aromatic rings. The molecule has 0 saturated carbocycles. The van der Waals surface area contributed by atoms with E-state index in [2.05, 4.69) is 9.84 Å². The molecule has 1 aromatic carbocycles. The van der Waals surface area contributed by atoms with Crippen molar-refractivity contribution in [2.45, 2.75) is 19.8 Å². The third kappa shape index (κ3) is 3.51. The maximum Gasteiger partial charge on any atom is 0.573 e. The molecule has 0 N–H and O–H groups in total. The van der Waals surface area contributed by atoms with Gasteiger partial charge in [-0.15, -0.1) is 13.2 Å². The van der Waals surface area contributed by atoms with Gasteiger partial charge in [0, 0.05) is 6.20 Å². The Morgan fingerprint density at radius 2 is 1.83 bits per heavy atom. The van der Waals surface area contributed by atoms with E-state index in [0.717, 1.165) is 11.3 Å². The van der Waals surface area contributed by atoms with Crippen LogP contribution < -0.4 is 4.74 Å². The third-order valence-corrected chi connectivity index (χ3v) is 2.28. The number of benzene rings is 1. The largest absolute Gasteiger partial charge is 0.573 e. The van der Waals surface area contributed by atoms with Crippen molar-refractivity contribution in [1.29, 1.82) is 0 Å². The van der Waals surface area contributed by atoms with Crippen LogP contribution in [0.4, 0.5) is 13.2 Å². The molecule has 0 aliphatic rings. The number of hydrogen-bond acceptors (Lipinski definition) is 2. The van der Waals surface area contributed by atoms with E-state index in [1.165, 1.54) is 12.1 Å². The lowest BCUT2D eigenvalue weighted by Gasteiger charge is -2.09. The van der Waals surface area contributed by atoms with Crippen LogP contribution in [0.15, 0.2) is 36.5 Å². The fourth-order valence-corrected chi connectivity index (χ4v) is 1.53. The van der Waals surface area contributed by atoms with Crippen LogP contribution in [-0.4, -0.2) is 16.1 Å². The monoisotopic (exact) mass is 256 g/mol. The van der Waals surface area contributed by atoms with E-state index < -0.39 is 6.36 Å². The molecule has 1 aromatic heterocycles. The molecule has 3 nitrogen and oxygen atoms in total. The molecule has 0 unspecified atom stereocenters. The average Bonchev–Trinajstić information content (AvgIpc) is 2.65. The molecular weight excluding hydrogens is 245 g/mol. The van der Waals surface area contributed by atoms with Crippen molar-refractivity contribution in [1.82, 2.24) is 9.78 Å². The zero-order chi connectivity index (χ0) is 13.2. The van der Waals surface area contributed by atoms with Crippen LogP contribution in [0.5, 0.6) is 5.75 Å². The summed E-state index contributed by atoms with van der Waals surface area (Å²) in [5.74, 6) is -0.220. The zero-order valence-corrected chi connectivity index (χ0v) is 9.61. The van der Waals surface area contributed by atoms with Crippen molar-refractivity contribution in [2.24, 2.45) is 0 Å². The van der Waals surface area contributed by atoms with E-state index in [0.29, 0.717) is 6.54 Å². The second-order valence-corrected chi connectivity index (χ2v) is 3.85. The number of nitrogens with zero attached hydrogens (tertiary/aromatic N) is 2. The topological polar surface area (TPSA) is 27.1 Å². The van der Waals surface area contributed by atoms with Crippen molar-refractivity contribution < 1.29 is 17.9 Å². The van der Waals surface area contributed by atoms with Crippen molar-refractivity contribution >= 4 is 0 Å². The summed E-state index contributed by atoms with van der Waals surface area (Å²) in [6, 6.07) is 7.61. The van der Waals surface area contributed by atoms with Gasteiger partial charge in [0.05, 0.1) is 12.2 Å². The van der Waals surface area contributed by atoms with Crippen molar-refractivity contribution in [3.63, 3.8) is 0 Å². The van der Waals surface area contributed by atoms with Gasteiger partial charge in [-0.05, 0) is 30.7 Å². The highest BCUT2D eigenvalue weighted by Gasteiger charge is 2.30. The van der Waals surface area contributed by atoms with Gasteiger partial charge < -0.3 is 4.74 Å². The van der Waals surface area contributed by atoms with Crippen LogP contribution >= 0.6 is 0 Å². The predicted molar refractivity (Wildman–Crippen MR) is 59.2 cm³/mol. The lowest BCUT2D eigenvalue weighted by atomic mass is 10.2. The highest BCUT2D eigenvalue weighted by molar-refractivity contribution is 5.27. The Labute approximate surface area is 102 Å². The maximum absolute atomic E-state index is 12.0. The number of aryl methyl sites for hydroxylation is 1. The highest BCUT2D eigenvalue weighted by atomic mass is 19.4. The Morgan fingerprint density at radius 1 is 1.17 bits per heavy atom. The standard InChI is InChI=1S/C12H11F3N2O/c1-9-6-7-17(16-9)8-10-2-4-11(5-3-10)18-12(13,14)15/h2-7H,8H2,1H3. The van der Waals surface area contributed by atoms with E-state index in [-0.39, 0.29) is 5.75 Å². The van der Waals surface area contributed by atoms with Gasteiger partial charge in [-0.1, -0.05) is 12.1 Å². The van der Waals surface area contributed by atoms with Gasteiger partial charge >= 0.3 is 6.36 Å². The molecule has 0 spiro atoms. The number of halogens is 3. The van der Waals surface area contributed by atoms with Gasteiger partial charge in [0.25, 0.3) is 0 Å². The molecule has 0 fully saturated rings. The summed E-state index contributed by atoms with van der Waals surface area (Å²) in [5.41, 5.74) is 1.75. The smallest absolute Gasteiger partial charge is 0.406 e. The van der Waals surface area contributed by atoms with Crippen LogP contribution in [0.25, 0.3) is 0 Å². The van der Waals surface area contributed by atoms with Crippen LogP contribution in [0.1, 0.15) is 11.3 Å². The van der Waals surface area contributed by atoms with Crippen molar-refractivity contribution in [3.05, 3.63) is 47.8 Å². The average molecular weight is 256 g/mol. The molecule has 1 heterocycles. The lowest BCUT2D eigenvalue weighted by molar-refractivity contribution is -0.274. The number of ether oxygens (including phenoxy) is 1. The SMILES string of the molecule is Cc1ccn(Cc2ccc(OC(F)(F)F)cc2)n1. The van der Waals surface area contributed by atoms with Gasteiger partial charge in [0.15, 0.2) is 0 Å². The zero-order valence-electron chi connectivity index (χ0n) is 9.61. The summed E-state index contributed by atoms with van der Waals surface area (Å²) in [7, 11) is 0. The summed E-state index contributed by atoms with van der Waals surface area (Å²) in [5, 5.41) is 4.19. The van der Waals surface area contributed by atoms with Gasteiger partial charge in [0.2, 0.25) is 0 Å². The van der Waals surface area contributed by atoms with E-state index in [1.807, 2.05) is 19.2 Å². The minimum absolute atomic E-state index is 0.220. The molecule has 0 bridgehead atoms. The van der Waals surface area contributed by atoms with E-state index in [1.54, 1.807) is 16.8 Å². The molecule has 18 heavy (non-hydrogen) atoms. The second kappa shape index (κ2) is 4.72. The molecular formula is C12H11F3N2O. The third-order valence-electron chi connectivity index (χ3n) is 2.28. The van der Waals surface area contributed by atoms with Crippen LogP contribution in [-0.2, 0) is 6.54 Å². The normalized spacial score (nSPS) is 11.6. The summed E-state index contributed by atoms with van der Waals surface area (Å²) < 4.78 is 41.4. The van der Waals surface area contributed by atoms with E-state index >= 15 is 0 Å². The molecule has 0 atom stereocenters. The summed E-state index contributed by atoms with van der Waals surface area (Å²) in [4.78, 5) is 0. The Balaban J connectivity index is 2.04. The van der Waals surface area contributed by atoms with Crippen molar-refractivity contribution in [2.75, 3.05) is 0 Å². The first-order valence-corrected chi connectivity index (χ1v) is 5.27. The second-order valence-electron chi connectivity index (χ2n) is 3.85. The Morgan fingerprint density at radius 3 is 2.33 bits per heavy atom. The predicted octanol–water partition coefficient (Wildman–Crippen LogP) is 3.14. The van der Waals surface area contributed by atoms with Crippen LogP contribution in [0.3, 0.4) is 0 Å². The first kappa shape index (κ1) is 12.5. The molecule has 0 saturated heterocycles. The number of hydrogen-bond donors (Lipinski definition) is 0. The quantitative estimate of drug-likeness (QED) is 0.843. The van der Waals surface area contributed by atoms with Crippen LogP contribution in [0.2, 0.25) is 0 Å². The molecule has 0 aliphatic carbocycles. The van der Waals surface area contributed by atoms with Crippen molar-refractivity contribution in [3.8, 4) is 5.75 Å². The first-order valence-electron chi connectivity index (χ1n) is 5.27. The fraction of sp³-hybridized carbons (Fsp3) is 0.250. The Bertz CT molecular complexity index is 517. The first-order chi connectivity index (χ1) is 8.42. The minimum Gasteiger partial charge on any atom is -0.406 e.